The molecule has 3 rings (SSSR count). The van der Waals surface area contributed by atoms with E-state index in [0.29, 0.717) is 11.5 Å². The number of ether oxygens (including phenoxy) is 2. The summed E-state index contributed by atoms with van der Waals surface area (Å²) in [6.07, 6.45) is 11.6. The second kappa shape index (κ2) is 11.7. The summed E-state index contributed by atoms with van der Waals surface area (Å²) in [6.45, 7) is 9.46. The highest BCUT2D eigenvalue weighted by Crippen LogP contribution is 2.57. The lowest BCUT2D eigenvalue weighted by atomic mass is 9.69. The van der Waals surface area contributed by atoms with E-state index in [9.17, 15) is 9.59 Å². The lowest BCUT2D eigenvalue weighted by molar-refractivity contribution is -0.132. The normalized spacial score (nSPS) is 13.3. The first-order valence-electron chi connectivity index (χ1n) is 13.0. The van der Waals surface area contributed by atoms with Crippen molar-refractivity contribution in [1.29, 1.82) is 0 Å². The van der Waals surface area contributed by atoms with Crippen molar-refractivity contribution in [2.24, 2.45) is 0 Å². The predicted molar refractivity (Wildman–Crippen MR) is 138 cm³/mol. The topological polar surface area (TPSA) is 52.6 Å². The van der Waals surface area contributed by atoms with Gasteiger partial charge < -0.3 is 9.47 Å². The summed E-state index contributed by atoms with van der Waals surface area (Å²) in [4.78, 5) is 23.5. The zero-order chi connectivity index (χ0) is 24.7. The van der Waals surface area contributed by atoms with Crippen LogP contribution in [0.2, 0.25) is 0 Å². The summed E-state index contributed by atoms with van der Waals surface area (Å²) in [5, 5.41) is 0. The van der Waals surface area contributed by atoms with Crippen LogP contribution < -0.4 is 9.47 Å². The minimum atomic E-state index is -0.305. The number of hydrogen-bond acceptors (Lipinski definition) is 4. The van der Waals surface area contributed by atoms with Crippen LogP contribution in [0.15, 0.2) is 30.3 Å². The van der Waals surface area contributed by atoms with Crippen LogP contribution >= 0.6 is 0 Å². The molecule has 184 valence electrons. The molecule has 0 aliphatic heterocycles. The number of fused-ring (bicyclic) bond motifs is 3. The lowest BCUT2D eigenvalue weighted by Gasteiger charge is -2.34. The molecular formula is C30H40O4. The van der Waals surface area contributed by atoms with Crippen LogP contribution in [0.5, 0.6) is 11.5 Å². The highest BCUT2D eigenvalue weighted by atomic mass is 16.5. The summed E-state index contributed by atoms with van der Waals surface area (Å²) in [5.74, 6) is 0.640. The third-order valence-electron chi connectivity index (χ3n) is 7.12. The average Bonchev–Trinajstić information content (AvgIpc) is 3.05. The number of hydrogen-bond donors (Lipinski definition) is 0. The Morgan fingerprint density at radius 3 is 1.91 bits per heavy atom. The van der Waals surface area contributed by atoms with Gasteiger partial charge in [-0.15, -0.1) is 0 Å². The number of esters is 2. The average molecular weight is 465 g/mol. The Morgan fingerprint density at radius 2 is 1.35 bits per heavy atom. The summed E-state index contributed by atoms with van der Waals surface area (Å²) < 4.78 is 11.1. The highest BCUT2D eigenvalue weighted by molar-refractivity contribution is 5.85. The van der Waals surface area contributed by atoms with Crippen molar-refractivity contribution in [2.45, 2.75) is 104 Å². The van der Waals surface area contributed by atoms with Gasteiger partial charge in [-0.2, -0.15) is 0 Å². The van der Waals surface area contributed by atoms with Crippen LogP contribution in [0.25, 0.3) is 11.1 Å². The molecule has 0 aromatic heterocycles. The number of rotatable bonds is 12. The molecule has 0 amide bonds. The minimum absolute atomic E-state index is 0.178. The molecule has 0 heterocycles. The second-order valence-corrected chi connectivity index (χ2v) is 9.71. The zero-order valence-corrected chi connectivity index (χ0v) is 21.6. The van der Waals surface area contributed by atoms with Crippen LogP contribution in [0.1, 0.15) is 109 Å². The Morgan fingerprint density at radius 1 is 0.765 bits per heavy atom. The first kappa shape index (κ1) is 26.0. The van der Waals surface area contributed by atoms with E-state index < -0.39 is 0 Å². The first-order chi connectivity index (χ1) is 16.3. The highest BCUT2D eigenvalue weighted by Gasteiger charge is 2.44. The van der Waals surface area contributed by atoms with Crippen LogP contribution in [-0.4, -0.2) is 11.9 Å². The van der Waals surface area contributed by atoms with Crippen molar-refractivity contribution in [3.05, 3.63) is 47.0 Å². The maximum Gasteiger partial charge on any atom is 0.308 e. The molecule has 0 bridgehead atoms. The second-order valence-electron chi connectivity index (χ2n) is 9.71. The van der Waals surface area contributed by atoms with Crippen molar-refractivity contribution in [3.63, 3.8) is 0 Å². The van der Waals surface area contributed by atoms with E-state index in [0.717, 1.165) is 31.2 Å². The van der Waals surface area contributed by atoms with Crippen molar-refractivity contribution < 1.29 is 19.1 Å². The van der Waals surface area contributed by atoms with Crippen LogP contribution in [0.3, 0.4) is 0 Å². The maximum atomic E-state index is 11.8. The SMILES string of the molecule is CCCCCCC1(CCCCCC)c2cc(OC(C)=O)ccc2-c2ccc(OC(C)=O)c(C)c21. The molecule has 0 unspecified atom stereocenters. The summed E-state index contributed by atoms with van der Waals surface area (Å²) in [5.41, 5.74) is 5.82. The number of benzene rings is 2. The van der Waals surface area contributed by atoms with Gasteiger partial charge in [0.25, 0.3) is 0 Å². The number of carbonyl (C=O) groups excluding carboxylic acids is 2. The third-order valence-corrected chi connectivity index (χ3v) is 7.12. The van der Waals surface area contributed by atoms with Crippen molar-refractivity contribution in [1.82, 2.24) is 0 Å². The van der Waals surface area contributed by atoms with Crippen molar-refractivity contribution in [2.75, 3.05) is 0 Å². The Kier molecular flexibility index (Phi) is 8.93. The number of carbonyl (C=O) groups is 2. The number of unbranched alkanes of at least 4 members (excludes halogenated alkanes) is 6. The van der Waals surface area contributed by atoms with Crippen LogP contribution in [-0.2, 0) is 15.0 Å². The summed E-state index contributed by atoms with van der Waals surface area (Å²) in [7, 11) is 0. The van der Waals surface area contributed by atoms with E-state index in [1.165, 1.54) is 74.6 Å². The Labute approximate surface area is 205 Å². The van der Waals surface area contributed by atoms with E-state index in [4.69, 9.17) is 9.47 Å². The van der Waals surface area contributed by atoms with E-state index in [1.807, 2.05) is 12.1 Å². The third kappa shape index (κ3) is 5.54. The molecule has 0 spiro atoms. The first-order valence-corrected chi connectivity index (χ1v) is 13.0. The zero-order valence-electron chi connectivity index (χ0n) is 21.6. The summed E-state index contributed by atoms with van der Waals surface area (Å²) >= 11 is 0. The molecule has 0 fully saturated rings. The molecule has 0 atom stereocenters. The van der Waals surface area contributed by atoms with Gasteiger partial charge in [-0.3, -0.25) is 9.59 Å². The van der Waals surface area contributed by atoms with Crippen LogP contribution in [0.4, 0.5) is 0 Å². The Bertz CT molecular complexity index is 1010. The Hall–Kier alpha value is -2.62. The molecular weight excluding hydrogens is 424 g/mol. The fourth-order valence-corrected chi connectivity index (χ4v) is 5.67. The summed E-state index contributed by atoms with van der Waals surface area (Å²) in [6, 6.07) is 10.1. The molecule has 2 aromatic rings. The standard InChI is InChI=1S/C30H40O4/c1-6-8-10-12-18-30(19-13-11-9-7-2)27-20-24(33-22(4)31)14-15-25(27)26-16-17-28(34-23(5)32)21(3)29(26)30/h14-17,20H,6-13,18-19H2,1-5H3. The molecule has 1 aliphatic carbocycles. The monoisotopic (exact) mass is 464 g/mol. The maximum absolute atomic E-state index is 11.8. The fraction of sp³-hybridized carbons (Fsp3) is 0.533. The molecule has 4 nitrogen and oxygen atoms in total. The molecule has 0 saturated heterocycles. The predicted octanol–water partition coefficient (Wildman–Crippen LogP) is 8.05. The van der Waals surface area contributed by atoms with Gasteiger partial charge in [-0.25, -0.2) is 0 Å². The van der Waals surface area contributed by atoms with E-state index in [-0.39, 0.29) is 17.4 Å². The van der Waals surface area contributed by atoms with E-state index in [2.05, 4.69) is 39.0 Å². The van der Waals surface area contributed by atoms with Gasteiger partial charge in [0.2, 0.25) is 0 Å². The van der Waals surface area contributed by atoms with Crippen molar-refractivity contribution in [3.8, 4) is 22.6 Å². The van der Waals surface area contributed by atoms with E-state index in [1.54, 1.807) is 0 Å². The van der Waals surface area contributed by atoms with Gasteiger partial charge in [0.05, 0.1) is 0 Å². The molecule has 34 heavy (non-hydrogen) atoms. The largest absolute Gasteiger partial charge is 0.427 e. The minimum Gasteiger partial charge on any atom is -0.427 e. The van der Waals surface area contributed by atoms with Gasteiger partial charge in [0.15, 0.2) is 0 Å². The van der Waals surface area contributed by atoms with Crippen molar-refractivity contribution >= 4 is 11.9 Å². The van der Waals surface area contributed by atoms with Crippen LogP contribution in [0, 0.1) is 6.92 Å². The smallest absolute Gasteiger partial charge is 0.308 e. The lowest BCUT2D eigenvalue weighted by Crippen LogP contribution is -2.27. The van der Waals surface area contributed by atoms with Gasteiger partial charge in [0, 0.05) is 19.3 Å². The van der Waals surface area contributed by atoms with Gasteiger partial charge in [0.1, 0.15) is 11.5 Å². The molecule has 0 N–H and O–H groups in total. The Balaban J connectivity index is 2.17. The molecule has 2 aromatic carbocycles. The molecule has 1 aliphatic rings. The molecule has 0 saturated carbocycles. The quantitative estimate of drug-likeness (QED) is 0.181. The van der Waals surface area contributed by atoms with Gasteiger partial charge in [-0.1, -0.05) is 77.3 Å². The van der Waals surface area contributed by atoms with Gasteiger partial charge in [-0.05, 0) is 65.8 Å². The van der Waals surface area contributed by atoms with Gasteiger partial charge >= 0.3 is 11.9 Å². The van der Waals surface area contributed by atoms with E-state index >= 15 is 0 Å². The molecule has 4 heteroatoms. The molecule has 0 radical (unpaired) electrons. The fourth-order valence-electron chi connectivity index (χ4n) is 5.67.